The second kappa shape index (κ2) is 5.99. The summed E-state index contributed by atoms with van der Waals surface area (Å²) >= 11 is 0. The number of nitrogens with one attached hydrogen (secondary N) is 2. The summed E-state index contributed by atoms with van der Waals surface area (Å²) in [5.74, 6) is 0.420. The Kier molecular flexibility index (Phi) is 4.93. The standard InChI is InChI=1S/C12H22N2O2/c1-8(2)7-11(9(3)15)14-12(16)10-5-4-6-13-10/h8,10-11,13H,4-7H2,1-3H3,(H,14,16). The Morgan fingerprint density at radius 3 is 2.56 bits per heavy atom. The average Bonchev–Trinajstić information content (AvgIpc) is 2.68. The lowest BCUT2D eigenvalue weighted by Crippen LogP contribution is -2.48. The molecular formula is C12H22N2O2. The number of hydrogen-bond donors (Lipinski definition) is 2. The quantitative estimate of drug-likeness (QED) is 0.731. The van der Waals surface area contributed by atoms with Crippen molar-refractivity contribution in [2.24, 2.45) is 5.92 Å². The van der Waals surface area contributed by atoms with Gasteiger partial charge in [0.2, 0.25) is 5.91 Å². The molecule has 0 saturated carbocycles. The zero-order valence-electron chi connectivity index (χ0n) is 10.4. The van der Waals surface area contributed by atoms with Gasteiger partial charge in [-0.15, -0.1) is 0 Å². The van der Waals surface area contributed by atoms with E-state index in [0.717, 1.165) is 19.4 Å². The molecule has 0 aromatic rings. The van der Waals surface area contributed by atoms with Crippen LogP contribution in [-0.4, -0.2) is 30.3 Å². The van der Waals surface area contributed by atoms with Crippen LogP contribution >= 0.6 is 0 Å². The van der Waals surface area contributed by atoms with Crippen molar-refractivity contribution in [1.29, 1.82) is 0 Å². The van der Waals surface area contributed by atoms with Crippen molar-refractivity contribution in [2.45, 2.75) is 52.1 Å². The Morgan fingerprint density at radius 1 is 1.44 bits per heavy atom. The minimum Gasteiger partial charge on any atom is -0.345 e. The van der Waals surface area contributed by atoms with Gasteiger partial charge in [0.15, 0.2) is 5.78 Å². The molecule has 1 aliphatic rings. The van der Waals surface area contributed by atoms with Gasteiger partial charge in [-0.3, -0.25) is 9.59 Å². The van der Waals surface area contributed by atoms with E-state index in [1.54, 1.807) is 0 Å². The maximum absolute atomic E-state index is 11.8. The molecule has 2 atom stereocenters. The lowest BCUT2D eigenvalue weighted by molar-refractivity contribution is -0.128. The van der Waals surface area contributed by atoms with Crippen LogP contribution in [0.25, 0.3) is 0 Å². The van der Waals surface area contributed by atoms with Crippen LogP contribution < -0.4 is 10.6 Å². The highest BCUT2D eigenvalue weighted by Crippen LogP contribution is 2.09. The summed E-state index contributed by atoms with van der Waals surface area (Å²) in [6.45, 7) is 6.54. The number of amides is 1. The summed E-state index contributed by atoms with van der Waals surface area (Å²) < 4.78 is 0. The van der Waals surface area contributed by atoms with Gasteiger partial charge in [0.05, 0.1) is 12.1 Å². The lowest BCUT2D eigenvalue weighted by atomic mass is 10.0. The first kappa shape index (κ1) is 13.2. The van der Waals surface area contributed by atoms with Crippen LogP contribution in [0.15, 0.2) is 0 Å². The number of ketones is 1. The second-order valence-corrected chi connectivity index (χ2v) is 4.95. The van der Waals surface area contributed by atoms with Gasteiger partial charge >= 0.3 is 0 Å². The van der Waals surface area contributed by atoms with Gasteiger partial charge in [0, 0.05) is 0 Å². The highest BCUT2D eigenvalue weighted by Gasteiger charge is 2.25. The van der Waals surface area contributed by atoms with Gasteiger partial charge in [-0.25, -0.2) is 0 Å². The molecule has 0 aliphatic carbocycles. The third-order valence-corrected chi connectivity index (χ3v) is 2.89. The van der Waals surface area contributed by atoms with Crippen LogP contribution in [0.5, 0.6) is 0 Å². The molecule has 1 saturated heterocycles. The Balaban J connectivity index is 2.47. The number of rotatable bonds is 5. The van der Waals surface area contributed by atoms with Crippen molar-refractivity contribution in [1.82, 2.24) is 10.6 Å². The minimum atomic E-state index is -0.324. The lowest BCUT2D eigenvalue weighted by Gasteiger charge is -2.20. The molecule has 0 spiro atoms. The summed E-state index contributed by atoms with van der Waals surface area (Å²) in [5, 5.41) is 5.97. The van der Waals surface area contributed by atoms with E-state index in [-0.39, 0.29) is 23.8 Å². The number of carbonyl (C=O) groups excluding carboxylic acids is 2. The fourth-order valence-corrected chi connectivity index (χ4v) is 1.98. The van der Waals surface area contributed by atoms with E-state index in [4.69, 9.17) is 0 Å². The molecule has 0 bridgehead atoms. The molecule has 1 heterocycles. The predicted molar refractivity (Wildman–Crippen MR) is 63.1 cm³/mol. The highest BCUT2D eigenvalue weighted by atomic mass is 16.2. The summed E-state index contributed by atoms with van der Waals surface area (Å²) in [6.07, 6.45) is 2.62. The number of Topliss-reactive ketones (excluding diaryl/α,β-unsaturated/α-hetero) is 1. The van der Waals surface area contributed by atoms with Crippen molar-refractivity contribution in [3.8, 4) is 0 Å². The fraction of sp³-hybridized carbons (Fsp3) is 0.833. The first-order chi connectivity index (χ1) is 7.50. The largest absolute Gasteiger partial charge is 0.345 e. The monoisotopic (exact) mass is 226 g/mol. The summed E-state index contributed by atoms with van der Waals surface area (Å²) in [6, 6.07) is -0.427. The van der Waals surface area contributed by atoms with E-state index >= 15 is 0 Å². The molecule has 1 rings (SSSR count). The van der Waals surface area contributed by atoms with Gasteiger partial charge in [-0.05, 0) is 38.6 Å². The van der Waals surface area contributed by atoms with Crippen molar-refractivity contribution < 1.29 is 9.59 Å². The molecule has 1 aliphatic heterocycles. The van der Waals surface area contributed by atoms with E-state index in [1.807, 2.05) is 0 Å². The molecule has 1 amide bonds. The fourth-order valence-electron chi connectivity index (χ4n) is 1.98. The Labute approximate surface area is 97.2 Å². The SMILES string of the molecule is CC(=O)C(CC(C)C)NC(=O)C1CCCN1. The van der Waals surface area contributed by atoms with Gasteiger partial charge in [0.25, 0.3) is 0 Å². The molecule has 2 N–H and O–H groups in total. The molecule has 0 aromatic heterocycles. The molecule has 16 heavy (non-hydrogen) atoms. The van der Waals surface area contributed by atoms with Crippen LogP contribution in [0.3, 0.4) is 0 Å². The molecule has 0 aromatic carbocycles. The van der Waals surface area contributed by atoms with E-state index in [9.17, 15) is 9.59 Å². The van der Waals surface area contributed by atoms with Crippen LogP contribution in [0.1, 0.15) is 40.0 Å². The van der Waals surface area contributed by atoms with Gasteiger partial charge < -0.3 is 10.6 Å². The molecule has 0 radical (unpaired) electrons. The third kappa shape index (κ3) is 3.93. The molecule has 1 fully saturated rings. The van der Waals surface area contributed by atoms with Gasteiger partial charge in [-0.1, -0.05) is 13.8 Å². The average molecular weight is 226 g/mol. The molecule has 92 valence electrons. The zero-order chi connectivity index (χ0) is 12.1. The maximum Gasteiger partial charge on any atom is 0.237 e. The van der Waals surface area contributed by atoms with Crippen molar-refractivity contribution >= 4 is 11.7 Å². The van der Waals surface area contributed by atoms with Crippen LogP contribution in [0, 0.1) is 5.92 Å². The highest BCUT2D eigenvalue weighted by molar-refractivity contribution is 5.89. The van der Waals surface area contributed by atoms with Crippen LogP contribution in [0.4, 0.5) is 0 Å². The Bertz CT molecular complexity index is 258. The molecule has 4 nitrogen and oxygen atoms in total. The van der Waals surface area contributed by atoms with Crippen molar-refractivity contribution in [3.63, 3.8) is 0 Å². The van der Waals surface area contributed by atoms with Gasteiger partial charge in [0.1, 0.15) is 0 Å². The number of hydrogen-bond acceptors (Lipinski definition) is 3. The summed E-state index contributed by atoms with van der Waals surface area (Å²) in [7, 11) is 0. The number of carbonyl (C=O) groups is 2. The van der Waals surface area contributed by atoms with Crippen LogP contribution in [-0.2, 0) is 9.59 Å². The molecular weight excluding hydrogens is 204 g/mol. The van der Waals surface area contributed by atoms with Gasteiger partial charge in [-0.2, -0.15) is 0 Å². The topological polar surface area (TPSA) is 58.2 Å². The smallest absolute Gasteiger partial charge is 0.237 e. The summed E-state index contributed by atoms with van der Waals surface area (Å²) in [5.41, 5.74) is 0. The third-order valence-electron chi connectivity index (χ3n) is 2.89. The van der Waals surface area contributed by atoms with E-state index in [0.29, 0.717) is 12.3 Å². The minimum absolute atomic E-state index is 0.0293. The summed E-state index contributed by atoms with van der Waals surface area (Å²) in [4.78, 5) is 23.2. The van der Waals surface area contributed by atoms with Crippen LogP contribution in [0.2, 0.25) is 0 Å². The normalized spacial score (nSPS) is 22.1. The predicted octanol–water partition coefficient (Wildman–Crippen LogP) is 0.858. The van der Waals surface area contributed by atoms with E-state index in [1.165, 1.54) is 6.92 Å². The van der Waals surface area contributed by atoms with E-state index in [2.05, 4.69) is 24.5 Å². The van der Waals surface area contributed by atoms with Crippen molar-refractivity contribution in [3.05, 3.63) is 0 Å². The first-order valence-electron chi connectivity index (χ1n) is 6.05. The Morgan fingerprint density at radius 2 is 2.12 bits per heavy atom. The molecule has 4 heteroatoms. The van der Waals surface area contributed by atoms with E-state index < -0.39 is 0 Å². The Hall–Kier alpha value is -0.900. The molecule has 2 unspecified atom stereocenters. The second-order valence-electron chi connectivity index (χ2n) is 4.95. The first-order valence-corrected chi connectivity index (χ1v) is 6.05. The van der Waals surface area contributed by atoms with Crippen molar-refractivity contribution in [2.75, 3.05) is 6.54 Å². The zero-order valence-corrected chi connectivity index (χ0v) is 10.4. The maximum atomic E-state index is 11.8.